The minimum absolute atomic E-state index is 0.00477. The van der Waals surface area contributed by atoms with Gasteiger partial charge < -0.3 is 14.8 Å². The fourth-order valence-electron chi connectivity index (χ4n) is 2.09. The van der Waals surface area contributed by atoms with Crippen LogP contribution in [0.15, 0.2) is 0 Å². The van der Waals surface area contributed by atoms with Crippen LogP contribution in [0.4, 0.5) is 0 Å². The number of rotatable bonds is 6. The monoisotopic (exact) mass is 229 g/mol. The zero-order valence-electron chi connectivity index (χ0n) is 10.3. The largest absolute Gasteiger partial charge is 0.382 e. The molecule has 1 N–H and O–H groups in total. The van der Waals surface area contributed by atoms with E-state index in [2.05, 4.69) is 12.2 Å². The molecule has 1 fully saturated rings. The van der Waals surface area contributed by atoms with Gasteiger partial charge in [0.05, 0.1) is 13.2 Å². The molecule has 2 atom stereocenters. The highest BCUT2D eigenvalue weighted by Crippen LogP contribution is 2.23. The van der Waals surface area contributed by atoms with Crippen molar-refractivity contribution in [3.05, 3.63) is 0 Å². The van der Waals surface area contributed by atoms with E-state index >= 15 is 0 Å². The molecule has 4 nitrogen and oxygen atoms in total. The van der Waals surface area contributed by atoms with Crippen molar-refractivity contribution >= 4 is 5.91 Å². The standard InChI is InChI=1S/C12H23NO3/c1-10-5-3-4-6-11(10)13-12(14)9-16-8-7-15-2/h10-11H,3-9H2,1-2H3,(H,13,14). The lowest BCUT2D eigenvalue weighted by molar-refractivity contribution is -0.127. The van der Waals surface area contributed by atoms with Gasteiger partial charge in [-0.25, -0.2) is 0 Å². The zero-order valence-corrected chi connectivity index (χ0v) is 10.3. The highest BCUT2D eigenvalue weighted by atomic mass is 16.5. The van der Waals surface area contributed by atoms with E-state index in [1.54, 1.807) is 7.11 Å². The molecule has 1 amide bonds. The smallest absolute Gasteiger partial charge is 0.246 e. The zero-order chi connectivity index (χ0) is 11.8. The summed E-state index contributed by atoms with van der Waals surface area (Å²) < 4.78 is 10.0. The summed E-state index contributed by atoms with van der Waals surface area (Å²) in [6, 6.07) is 0.340. The Morgan fingerprint density at radius 3 is 2.75 bits per heavy atom. The van der Waals surface area contributed by atoms with Gasteiger partial charge in [-0.05, 0) is 18.8 Å². The Hall–Kier alpha value is -0.610. The first-order valence-electron chi connectivity index (χ1n) is 6.10. The van der Waals surface area contributed by atoms with Crippen LogP contribution < -0.4 is 5.32 Å². The van der Waals surface area contributed by atoms with Crippen LogP contribution in [0, 0.1) is 5.92 Å². The third-order valence-electron chi connectivity index (χ3n) is 3.12. The summed E-state index contributed by atoms with van der Waals surface area (Å²) in [5.74, 6) is 0.589. The van der Waals surface area contributed by atoms with Gasteiger partial charge in [-0.1, -0.05) is 19.8 Å². The minimum atomic E-state index is -0.00477. The lowest BCUT2D eigenvalue weighted by atomic mass is 9.86. The molecule has 1 aliphatic rings. The van der Waals surface area contributed by atoms with E-state index in [0.717, 1.165) is 6.42 Å². The van der Waals surface area contributed by atoms with Gasteiger partial charge in [-0.15, -0.1) is 0 Å². The third-order valence-corrected chi connectivity index (χ3v) is 3.12. The lowest BCUT2D eigenvalue weighted by Crippen LogP contribution is -2.42. The van der Waals surface area contributed by atoms with Gasteiger partial charge in [0.2, 0.25) is 5.91 Å². The van der Waals surface area contributed by atoms with Crippen molar-refractivity contribution in [2.45, 2.75) is 38.6 Å². The minimum Gasteiger partial charge on any atom is -0.382 e. The molecular formula is C12H23NO3. The van der Waals surface area contributed by atoms with Crippen molar-refractivity contribution in [1.29, 1.82) is 0 Å². The average Bonchev–Trinajstić information content (AvgIpc) is 2.28. The van der Waals surface area contributed by atoms with Crippen molar-refractivity contribution in [2.24, 2.45) is 5.92 Å². The summed E-state index contributed by atoms with van der Waals surface area (Å²) in [7, 11) is 1.62. The summed E-state index contributed by atoms with van der Waals surface area (Å²) >= 11 is 0. The first kappa shape index (κ1) is 13.5. The van der Waals surface area contributed by atoms with E-state index in [1.807, 2.05) is 0 Å². The van der Waals surface area contributed by atoms with Crippen molar-refractivity contribution in [1.82, 2.24) is 5.32 Å². The van der Waals surface area contributed by atoms with Crippen molar-refractivity contribution in [2.75, 3.05) is 26.9 Å². The second-order valence-electron chi connectivity index (χ2n) is 4.48. The second kappa shape index (κ2) is 7.63. The molecule has 94 valence electrons. The quantitative estimate of drug-likeness (QED) is 0.699. The molecule has 0 spiro atoms. The topological polar surface area (TPSA) is 47.6 Å². The molecule has 0 aliphatic heterocycles. The van der Waals surface area contributed by atoms with Crippen LogP contribution in [0.2, 0.25) is 0 Å². The number of hydrogen-bond acceptors (Lipinski definition) is 3. The van der Waals surface area contributed by atoms with Gasteiger partial charge >= 0.3 is 0 Å². The van der Waals surface area contributed by atoms with Crippen molar-refractivity contribution in [3.8, 4) is 0 Å². The summed E-state index contributed by atoms with van der Waals surface area (Å²) in [6.07, 6.45) is 4.83. The maximum absolute atomic E-state index is 11.5. The molecule has 0 aromatic rings. The molecule has 0 heterocycles. The van der Waals surface area contributed by atoms with Gasteiger partial charge in [0.1, 0.15) is 6.61 Å². The van der Waals surface area contributed by atoms with Crippen LogP contribution >= 0.6 is 0 Å². The van der Waals surface area contributed by atoms with E-state index in [1.165, 1.54) is 19.3 Å². The van der Waals surface area contributed by atoms with E-state index in [-0.39, 0.29) is 12.5 Å². The highest BCUT2D eigenvalue weighted by Gasteiger charge is 2.22. The molecule has 1 aliphatic carbocycles. The molecule has 1 rings (SSSR count). The fourth-order valence-corrected chi connectivity index (χ4v) is 2.09. The normalized spacial score (nSPS) is 25.4. The second-order valence-corrected chi connectivity index (χ2v) is 4.48. The van der Waals surface area contributed by atoms with Gasteiger partial charge in [0.25, 0.3) is 0 Å². The van der Waals surface area contributed by atoms with E-state index < -0.39 is 0 Å². The number of methoxy groups -OCH3 is 1. The molecule has 1 saturated carbocycles. The first-order valence-corrected chi connectivity index (χ1v) is 6.10. The Morgan fingerprint density at radius 2 is 2.06 bits per heavy atom. The molecule has 2 unspecified atom stereocenters. The van der Waals surface area contributed by atoms with Crippen LogP contribution in [-0.4, -0.2) is 38.9 Å². The SMILES string of the molecule is COCCOCC(=O)NC1CCCCC1C. The summed E-state index contributed by atoms with van der Waals surface area (Å²) in [5, 5.41) is 3.04. The van der Waals surface area contributed by atoms with Crippen LogP contribution in [0.5, 0.6) is 0 Å². The highest BCUT2D eigenvalue weighted by molar-refractivity contribution is 5.77. The van der Waals surface area contributed by atoms with E-state index in [0.29, 0.717) is 25.2 Å². The molecule has 0 radical (unpaired) electrons. The molecule has 0 bridgehead atoms. The Balaban J connectivity index is 2.12. The predicted molar refractivity (Wildman–Crippen MR) is 62.3 cm³/mol. The molecular weight excluding hydrogens is 206 g/mol. The Bertz CT molecular complexity index is 208. The average molecular weight is 229 g/mol. The summed E-state index contributed by atoms with van der Waals surface area (Å²) in [5.41, 5.74) is 0. The number of hydrogen-bond donors (Lipinski definition) is 1. The van der Waals surface area contributed by atoms with Crippen LogP contribution in [0.25, 0.3) is 0 Å². The van der Waals surface area contributed by atoms with Gasteiger partial charge in [-0.2, -0.15) is 0 Å². The fraction of sp³-hybridized carbons (Fsp3) is 0.917. The van der Waals surface area contributed by atoms with Crippen LogP contribution in [0.3, 0.4) is 0 Å². The summed E-state index contributed by atoms with van der Waals surface area (Å²) in [6.45, 7) is 3.36. The van der Waals surface area contributed by atoms with Crippen LogP contribution in [-0.2, 0) is 14.3 Å². The Labute approximate surface area is 97.7 Å². The van der Waals surface area contributed by atoms with E-state index in [4.69, 9.17) is 9.47 Å². The third kappa shape index (κ3) is 4.94. The van der Waals surface area contributed by atoms with Gasteiger partial charge in [-0.3, -0.25) is 4.79 Å². The molecule has 16 heavy (non-hydrogen) atoms. The Morgan fingerprint density at radius 1 is 1.31 bits per heavy atom. The van der Waals surface area contributed by atoms with Crippen molar-refractivity contribution < 1.29 is 14.3 Å². The lowest BCUT2D eigenvalue weighted by Gasteiger charge is -2.29. The first-order chi connectivity index (χ1) is 7.74. The number of carbonyl (C=O) groups excluding carboxylic acids is 1. The Kier molecular flexibility index (Phi) is 6.42. The maximum atomic E-state index is 11.5. The predicted octanol–water partition coefficient (Wildman–Crippen LogP) is 1.34. The summed E-state index contributed by atoms with van der Waals surface area (Å²) in [4.78, 5) is 11.5. The molecule has 0 aromatic heterocycles. The van der Waals surface area contributed by atoms with Gasteiger partial charge in [0, 0.05) is 13.2 Å². The molecule has 0 saturated heterocycles. The number of nitrogens with one attached hydrogen (secondary N) is 1. The van der Waals surface area contributed by atoms with Gasteiger partial charge in [0.15, 0.2) is 0 Å². The number of carbonyl (C=O) groups is 1. The van der Waals surface area contributed by atoms with E-state index in [9.17, 15) is 4.79 Å². The number of ether oxygens (including phenoxy) is 2. The maximum Gasteiger partial charge on any atom is 0.246 e. The van der Waals surface area contributed by atoms with Crippen molar-refractivity contribution in [3.63, 3.8) is 0 Å². The molecule has 4 heteroatoms. The molecule has 0 aromatic carbocycles. The number of amides is 1. The van der Waals surface area contributed by atoms with Crippen LogP contribution in [0.1, 0.15) is 32.6 Å².